The van der Waals surface area contributed by atoms with Gasteiger partial charge in [0.25, 0.3) is 10.1 Å². The fraction of sp³-hybridized carbons (Fsp3) is 0.400. The normalized spacial score (nSPS) is 11.6. The lowest BCUT2D eigenvalue weighted by molar-refractivity contribution is -0.750. The van der Waals surface area contributed by atoms with E-state index in [2.05, 4.69) is 24.7 Å². The van der Waals surface area contributed by atoms with Crippen molar-refractivity contribution >= 4 is 10.1 Å². The molecule has 0 aliphatic rings. The zero-order chi connectivity index (χ0) is 19.6. The highest BCUT2D eigenvalue weighted by Gasteiger charge is 2.20. The number of hydrogen-bond donors (Lipinski definition) is 1. The molecule has 0 aliphatic carbocycles. The number of hydrogen-bond acceptors (Lipinski definition) is 6. The molecule has 3 N–H and O–H groups in total. The second-order valence-electron chi connectivity index (χ2n) is 5.09. The van der Waals surface area contributed by atoms with Gasteiger partial charge >= 0.3 is 6.05 Å². The Morgan fingerprint density at radius 1 is 1.23 bits per heavy atom. The number of alkyl halides is 2. The molecule has 2 rings (SSSR count). The largest absolute Gasteiger partial charge is 0.377 e. The molecular formula is C15H22F2N4O4S+2. The Kier molecular flexibility index (Phi) is 8.58. The van der Waals surface area contributed by atoms with Crippen LogP contribution in [-0.4, -0.2) is 46.1 Å². The molecule has 2 aromatic rings. The molecule has 0 aliphatic heterocycles. The standard InChI is InChI=1S/C12H14N3O3S.C3H7F2NO/c1-18-19(16,17)9-8-15-7-4-12(10-14-15)11-2-5-13-6-3-11;1-7-2-3(4,5)6/h2-7,10H,8-9H2,1H3;2,6H2,1H3/q+1;/p+1. The number of rotatable bonds is 7. The first-order chi connectivity index (χ1) is 12.2. The monoisotopic (exact) mass is 392 g/mol. The molecule has 8 nitrogen and oxygen atoms in total. The second kappa shape index (κ2) is 10.2. The number of ether oxygens (including phenoxy) is 1. The minimum Gasteiger partial charge on any atom is -0.377 e. The predicted octanol–water partition coefficient (Wildman–Crippen LogP) is 0.0107. The van der Waals surface area contributed by atoms with Crippen LogP contribution in [0, 0.1) is 0 Å². The summed E-state index contributed by atoms with van der Waals surface area (Å²) in [6.45, 7) is -0.452. The van der Waals surface area contributed by atoms with E-state index in [0.717, 1.165) is 18.2 Å². The van der Waals surface area contributed by atoms with E-state index in [1.807, 2.05) is 30.6 Å². The summed E-state index contributed by atoms with van der Waals surface area (Å²) in [5.41, 5.74) is 6.20. The Balaban J connectivity index is 0.000000412. The third-order valence-electron chi connectivity index (χ3n) is 2.98. The average Bonchev–Trinajstić information content (AvgIpc) is 2.61. The first-order valence-corrected chi connectivity index (χ1v) is 9.01. The van der Waals surface area contributed by atoms with Gasteiger partial charge in [0, 0.05) is 30.9 Å². The van der Waals surface area contributed by atoms with Crippen molar-refractivity contribution in [1.82, 2.24) is 5.10 Å². The van der Waals surface area contributed by atoms with Crippen molar-refractivity contribution in [1.29, 1.82) is 0 Å². The minimum absolute atomic E-state index is 0.0964. The molecule has 2 heterocycles. The van der Waals surface area contributed by atoms with Crippen molar-refractivity contribution in [3.05, 3.63) is 43.0 Å². The molecule has 0 fully saturated rings. The van der Waals surface area contributed by atoms with Gasteiger partial charge in [-0.2, -0.15) is 17.2 Å². The van der Waals surface area contributed by atoms with Crippen LogP contribution < -0.4 is 15.4 Å². The topological polar surface area (TPSA) is 110 Å². The zero-order valence-electron chi connectivity index (χ0n) is 14.4. The van der Waals surface area contributed by atoms with E-state index in [-0.39, 0.29) is 12.3 Å². The van der Waals surface area contributed by atoms with Crippen LogP contribution in [0.2, 0.25) is 0 Å². The summed E-state index contributed by atoms with van der Waals surface area (Å²) in [4.78, 5) is 2.95. The van der Waals surface area contributed by atoms with Gasteiger partial charge in [0.1, 0.15) is 18.6 Å². The Morgan fingerprint density at radius 3 is 2.31 bits per heavy atom. The molecule has 0 aromatic carbocycles. The lowest BCUT2D eigenvalue weighted by Crippen LogP contribution is -2.40. The van der Waals surface area contributed by atoms with Gasteiger partial charge in [-0.15, -0.1) is 0 Å². The number of aromatic amines is 1. The quantitative estimate of drug-likeness (QED) is 0.404. The van der Waals surface area contributed by atoms with Crippen molar-refractivity contribution in [2.24, 2.45) is 5.73 Å². The smallest absolute Gasteiger partial charge is 0.323 e. The van der Waals surface area contributed by atoms with Crippen LogP contribution in [0.15, 0.2) is 43.0 Å². The lowest BCUT2D eigenvalue weighted by Gasteiger charge is -2.05. The van der Waals surface area contributed by atoms with E-state index in [9.17, 15) is 17.2 Å². The molecule has 144 valence electrons. The molecular weight excluding hydrogens is 370 g/mol. The van der Waals surface area contributed by atoms with E-state index in [4.69, 9.17) is 0 Å². The predicted molar refractivity (Wildman–Crippen MR) is 88.2 cm³/mol. The molecule has 0 amide bonds. The Bertz CT molecular complexity index is 753. The van der Waals surface area contributed by atoms with Crippen LogP contribution >= 0.6 is 0 Å². The van der Waals surface area contributed by atoms with Crippen LogP contribution in [0.1, 0.15) is 0 Å². The Hall–Kier alpha value is -2.08. The summed E-state index contributed by atoms with van der Waals surface area (Å²) in [5.74, 6) is -0.0964. The first-order valence-electron chi connectivity index (χ1n) is 7.43. The van der Waals surface area contributed by atoms with Crippen LogP contribution in [0.5, 0.6) is 0 Å². The molecule has 0 unspecified atom stereocenters. The maximum absolute atomic E-state index is 11.4. The van der Waals surface area contributed by atoms with Crippen LogP contribution in [0.25, 0.3) is 11.1 Å². The highest BCUT2D eigenvalue weighted by Crippen LogP contribution is 2.14. The average molecular weight is 392 g/mol. The molecule has 26 heavy (non-hydrogen) atoms. The van der Waals surface area contributed by atoms with Crippen molar-refractivity contribution in [2.45, 2.75) is 12.6 Å². The number of halogens is 2. The van der Waals surface area contributed by atoms with E-state index in [0.29, 0.717) is 0 Å². The van der Waals surface area contributed by atoms with E-state index in [1.165, 1.54) is 7.11 Å². The first kappa shape index (κ1) is 22.0. The number of H-pyrrole nitrogens is 1. The third-order valence-corrected chi connectivity index (χ3v) is 4.17. The van der Waals surface area contributed by atoms with Gasteiger partial charge in [-0.3, -0.25) is 9.92 Å². The number of pyridine rings is 1. The summed E-state index contributed by atoms with van der Waals surface area (Å²) >= 11 is 0. The number of nitrogens with zero attached hydrogens (tertiary/aromatic N) is 2. The molecule has 2 aromatic heterocycles. The highest BCUT2D eigenvalue weighted by molar-refractivity contribution is 7.86. The van der Waals surface area contributed by atoms with Crippen molar-refractivity contribution in [3.8, 4) is 11.1 Å². The summed E-state index contributed by atoms with van der Waals surface area (Å²) in [6, 6.07) is 2.60. The van der Waals surface area contributed by atoms with Gasteiger partial charge in [0.15, 0.2) is 25.1 Å². The van der Waals surface area contributed by atoms with Gasteiger partial charge in [0.2, 0.25) is 0 Å². The maximum Gasteiger partial charge on any atom is 0.323 e. The fourth-order valence-electron chi connectivity index (χ4n) is 1.75. The molecule has 0 atom stereocenters. The summed E-state index contributed by atoms with van der Waals surface area (Å²) in [6.07, 6.45) is 7.12. The van der Waals surface area contributed by atoms with Crippen LogP contribution in [-0.2, 0) is 25.6 Å². The van der Waals surface area contributed by atoms with Gasteiger partial charge in [-0.25, -0.2) is 4.98 Å². The minimum atomic E-state index is -3.44. The number of aromatic nitrogens is 3. The van der Waals surface area contributed by atoms with E-state index >= 15 is 0 Å². The van der Waals surface area contributed by atoms with E-state index < -0.39 is 22.8 Å². The molecule has 0 spiro atoms. The highest BCUT2D eigenvalue weighted by atomic mass is 32.2. The molecule has 0 saturated heterocycles. The number of aryl methyl sites for hydroxylation is 1. The summed E-state index contributed by atoms with van der Waals surface area (Å²) in [7, 11) is -1.12. The summed E-state index contributed by atoms with van der Waals surface area (Å²) in [5, 5.41) is 4.18. The number of methoxy groups -OCH3 is 1. The molecule has 0 radical (unpaired) electrons. The van der Waals surface area contributed by atoms with Gasteiger partial charge < -0.3 is 4.74 Å². The number of nitrogens with two attached hydrogens (primary N) is 1. The molecule has 0 saturated carbocycles. The van der Waals surface area contributed by atoms with Crippen molar-refractivity contribution in [2.75, 3.05) is 26.6 Å². The Morgan fingerprint density at radius 2 is 1.88 bits per heavy atom. The van der Waals surface area contributed by atoms with Gasteiger partial charge in [-0.1, -0.05) is 4.68 Å². The third kappa shape index (κ3) is 8.85. The Labute approximate surface area is 150 Å². The van der Waals surface area contributed by atoms with Crippen LogP contribution in [0.4, 0.5) is 8.78 Å². The zero-order valence-corrected chi connectivity index (χ0v) is 15.2. The van der Waals surface area contributed by atoms with Crippen LogP contribution in [0.3, 0.4) is 0 Å². The number of nitrogens with one attached hydrogen (secondary N) is 1. The lowest BCUT2D eigenvalue weighted by atomic mass is 10.1. The van der Waals surface area contributed by atoms with Gasteiger partial charge in [0.05, 0.1) is 7.11 Å². The molecule has 11 heteroatoms. The summed E-state index contributed by atoms with van der Waals surface area (Å²) < 4.78 is 55.1. The van der Waals surface area contributed by atoms with Gasteiger partial charge in [-0.05, 0) is 10.7 Å². The SMILES string of the molecule is COCC(N)(F)F.COS(=O)(=O)CC[n+]1ccc(-c2cc[nH+]cc2)cn1. The molecule has 0 bridgehead atoms. The second-order valence-corrected chi connectivity index (χ2v) is 6.95. The van der Waals surface area contributed by atoms with E-state index in [1.54, 1.807) is 17.1 Å². The van der Waals surface area contributed by atoms with Crippen molar-refractivity contribution in [3.63, 3.8) is 0 Å². The fourth-order valence-corrected chi connectivity index (χ4v) is 2.33. The maximum atomic E-state index is 11.4. The van der Waals surface area contributed by atoms with Crippen molar-refractivity contribution < 1.29 is 35.8 Å².